The van der Waals surface area contributed by atoms with Crippen molar-refractivity contribution < 1.29 is 4.79 Å². The van der Waals surface area contributed by atoms with Gasteiger partial charge in [0.15, 0.2) is 5.78 Å². The van der Waals surface area contributed by atoms with Crippen LogP contribution >= 0.6 is 0 Å². The summed E-state index contributed by atoms with van der Waals surface area (Å²) in [6.07, 6.45) is 4.81. The summed E-state index contributed by atoms with van der Waals surface area (Å²) < 4.78 is 1.95. The first-order valence-corrected chi connectivity index (χ1v) is 6.34. The molecule has 1 aromatic heterocycles. The molecule has 0 atom stereocenters. The molecule has 1 heterocycles. The van der Waals surface area contributed by atoms with Crippen LogP contribution in [0, 0.1) is 0 Å². The van der Waals surface area contributed by atoms with Gasteiger partial charge in [-0.05, 0) is 12.1 Å². The quantitative estimate of drug-likeness (QED) is 0.771. The van der Waals surface area contributed by atoms with Gasteiger partial charge in [0.2, 0.25) is 0 Å². The van der Waals surface area contributed by atoms with E-state index < -0.39 is 0 Å². The Bertz CT molecular complexity index is 572. The van der Waals surface area contributed by atoms with Crippen molar-refractivity contribution in [1.29, 1.82) is 0 Å². The number of ketones is 1. The van der Waals surface area contributed by atoms with Crippen LogP contribution in [0.3, 0.4) is 0 Å². The van der Waals surface area contributed by atoms with Crippen LogP contribution in [0.2, 0.25) is 0 Å². The van der Waals surface area contributed by atoms with E-state index in [0.29, 0.717) is 12.8 Å². The number of nitrogens with zero attached hydrogens (tertiary/aromatic N) is 3. The van der Waals surface area contributed by atoms with E-state index in [2.05, 4.69) is 4.98 Å². The van der Waals surface area contributed by atoms with E-state index in [1.807, 2.05) is 61.1 Å². The molecule has 1 aromatic carbocycles. The highest BCUT2D eigenvalue weighted by atomic mass is 16.1. The summed E-state index contributed by atoms with van der Waals surface area (Å²) in [6, 6.07) is 7.72. The van der Waals surface area contributed by atoms with Crippen molar-refractivity contribution >= 4 is 11.5 Å². The van der Waals surface area contributed by atoms with Crippen LogP contribution in [0.4, 0.5) is 5.69 Å². The van der Waals surface area contributed by atoms with Crippen LogP contribution in [0.15, 0.2) is 36.7 Å². The average Bonchev–Trinajstić information content (AvgIpc) is 2.81. The minimum Gasteiger partial charge on any atom is -0.378 e. The van der Waals surface area contributed by atoms with Crippen LogP contribution in [0.5, 0.6) is 0 Å². The van der Waals surface area contributed by atoms with Crippen molar-refractivity contribution in [2.75, 3.05) is 19.0 Å². The van der Waals surface area contributed by atoms with Gasteiger partial charge in [0.25, 0.3) is 0 Å². The Balaban J connectivity index is 2.04. The average molecular weight is 257 g/mol. The normalized spacial score (nSPS) is 10.5. The molecule has 2 aromatic rings. The molecular weight excluding hydrogens is 238 g/mol. The predicted molar refractivity (Wildman–Crippen MR) is 76.6 cm³/mol. The van der Waals surface area contributed by atoms with Gasteiger partial charge in [0.1, 0.15) is 5.82 Å². The van der Waals surface area contributed by atoms with E-state index in [-0.39, 0.29) is 5.78 Å². The Morgan fingerprint density at radius 3 is 2.79 bits per heavy atom. The molecule has 0 radical (unpaired) electrons. The highest BCUT2D eigenvalue weighted by Crippen LogP contribution is 2.15. The lowest BCUT2D eigenvalue weighted by Gasteiger charge is -2.13. The van der Waals surface area contributed by atoms with E-state index in [0.717, 1.165) is 17.1 Å². The molecule has 4 nitrogen and oxygen atoms in total. The van der Waals surface area contributed by atoms with Gasteiger partial charge in [-0.2, -0.15) is 0 Å². The Hall–Kier alpha value is -2.10. The summed E-state index contributed by atoms with van der Waals surface area (Å²) in [5, 5.41) is 0. The number of aromatic nitrogens is 2. The monoisotopic (exact) mass is 257 g/mol. The molecule has 0 bridgehead atoms. The number of benzene rings is 1. The SMILES string of the molecule is CN(C)c1cccc(C(=O)CCc2nccn2C)c1. The number of hydrogen-bond donors (Lipinski definition) is 0. The zero-order chi connectivity index (χ0) is 13.8. The molecule has 0 unspecified atom stereocenters. The molecule has 19 heavy (non-hydrogen) atoms. The third-order valence-corrected chi connectivity index (χ3v) is 3.18. The number of aryl methyl sites for hydroxylation is 2. The third-order valence-electron chi connectivity index (χ3n) is 3.18. The first-order chi connectivity index (χ1) is 9.08. The Morgan fingerprint density at radius 1 is 1.37 bits per heavy atom. The minimum absolute atomic E-state index is 0.159. The van der Waals surface area contributed by atoms with Crippen LogP contribution < -0.4 is 4.90 Å². The number of anilines is 1. The molecule has 4 heteroatoms. The molecule has 0 aliphatic rings. The zero-order valence-electron chi connectivity index (χ0n) is 11.6. The van der Waals surface area contributed by atoms with Crippen molar-refractivity contribution in [3.8, 4) is 0 Å². The standard InChI is InChI=1S/C15H19N3O/c1-17(2)13-6-4-5-12(11-13)14(19)7-8-15-16-9-10-18(15)3/h4-6,9-11H,7-8H2,1-3H3. The van der Waals surface area contributed by atoms with Gasteiger partial charge in [0.05, 0.1) is 0 Å². The molecule has 0 aliphatic heterocycles. The number of hydrogen-bond acceptors (Lipinski definition) is 3. The van der Waals surface area contributed by atoms with E-state index in [4.69, 9.17) is 0 Å². The lowest BCUT2D eigenvalue weighted by Crippen LogP contribution is -2.10. The Labute approximate surface area is 113 Å². The molecule has 0 amide bonds. The summed E-state index contributed by atoms with van der Waals surface area (Å²) in [4.78, 5) is 18.4. The van der Waals surface area contributed by atoms with Crippen molar-refractivity contribution in [1.82, 2.24) is 9.55 Å². The molecule has 100 valence electrons. The lowest BCUT2D eigenvalue weighted by atomic mass is 10.1. The predicted octanol–water partition coefficient (Wildman–Crippen LogP) is 2.30. The fourth-order valence-electron chi connectivity index (χ4n) is 1.96. The lowest BCUT2D eigenvalue weighted by molar-refractivity contribution is 0.0982. The van der Waals surface area contributed by atoms with E-state index >= 15 is 0 Å². The summed E-state index contributed by atoms with van der Waals surface area (Å²) in [6.45, 7) is 0. The number of imidazole rings is 1. The molecule has 0 aliphatic carbocycles. The fraction of sp³-hybridized carbons (Fsp3) is 0.333. The topological polar surface area (TPSA) is 38.1 Å². The van der Waals surface area contributed by atoms with Gasteiger partial charge in [-0.1, -0.05) is 12.1 Å². The Morgan fingerprint density at radius 2 is 2.16 bits per heavy atom. The van der Waals surface area contributed by atoms with Crippen LogP contribution in [0.1, 0.15) is 22.6 Å². The van der Waals surface area contributed by atoms with Gasteiger partial charge < -0.3 is 9.47 Å². The van der Waals surface area contributed by atoms with Crippen molar-refractivity contribution in [2.24, 2.45) is 7.05 Å². The fourth-order valence-corrected chi connectivity index (χ4v) is 1.96. The van der Waals surface area contributed by atoms with E-state index in [1.54, 1.807) is 6.20 Å². The largest absolute Gasteiger partial charge is 0.378 e. The highest BCUT2D eigenvalue weighted by molar-refractivity contribution is 5.97. The van der Waals surface area contributed by atoms with Gasteiger partial charge in [-0.3, -0.25) is 4.79 Å². The maximum atomic E-state index is 12.2. The van der Waals surface area contributed by atoms with Crippen LogP contribution in [-0.2, 0) is 13.5 Å². The van der Waals surface area contributed by atoms with Crippen molar-refractivity contribution in [2.45, 2.75) is 12.8 Å². The molecule has 0 saturated carbocycles. The van der Waals surface area contributed by atoms with Crippen molar-refractivity contribution in [3.05, 3.63) is 48.0 Å². The van der Waals surface area contributed by atoms with E-state index in [9.17, 15) is 4.79 Å². The van der Waals surface area contributed by atoms with Gasteiger partial charge in [0, 0.05) is 57.6 Å². The second-order valence-corrected chi connectivity index (χ2v) is 4.82. The maximum Gasteiger partial charge on any atom is 0.163 e. The number of rotatable bonds is 5. The van der Waals surface area contributed by atoms with E-state index in [1.165, 1.54) is 0 Å². The van der Waals surface area contributed by atoms with Gasteiger partial charge in [-0.25, -0.2) is 4.98 Å². The number of carbonyl (C=O) groups excluding carboxylic acids is 1. The summed E-state index contributed by atoms with van der Waals surface area (Å²) in [5.41, 5.74) is 1.81. The zero-order valence-corrected chi connectivity index (χ0v) is 11.6. The maximum absolute atomic E-state index is 12.2. The van der Waals surface area contributed by atoms with Gasteiger partial charge >= 0.3 is 0 Å². The molecule has 2 rings (SSSR count). The number of carbonyl (C=O) groups is 1. The van der Waals surface area contributed by atoms with Crippen molar-refractivity contribution in [3.63, 3.8) is 0 Å². The van der Waals surface area contributed by atoms with Gasteiger partial charge in [-0.15, -0.1) is 0 Å². The molecule has 0 fully saturated rings. The smallest absolute Gasteiger partial charge is 0.163 e. The van der Waals surface area contributed by atoms with Crippen LogP contribution in [0.25, 0.3) is 0 Å². The molecular formula is C15H19N3O. The first kappa shape index (κ1) is 13.3. The number of Topliss-reactive ketones (excluding diaryl/α,β-unsaturated/α-hetero) is 1. The first-order valence-electron chi connectivity index (χ1n) is 6.34. The highest BCUT2D eigenvalue weighted by Gasteiger charge is 2.09. The molecule has 0 N–H and O–H groups in total. The summed E-state index contributed by atoms with van der Waals surface area (Å²) in [7, 11) is 5.88. The second kappa shape index (κ2) is 5.69. The third kappa shape index (κ3) is 3.22. The molecule has 0 saturated heterocycles. The minimum atomic E-state index is 0.159. The Kier molecular flexibility index (Phi) is 4.00. The molecule has 0 spiro atoms. The second-order valence-electron chi connectivity index (χ2n) is 4.82. The summed E-state index contributed by atoms with van der Waals surface area (Å²) in [5.74, 6) is 1.10. The summed E-state index contributed by atoms with van der Waals surface area (Å²) >= 11 is 0. The van der Waals surface area contributed by atoms with Crippen LogP contribution in [-0.4, -0.2) is 29.4 Å².